The van der Waals surface area contributed by atoms with Gasteiger partial charge >= 0.3 is 0 Å². The number of amides is 1. The van der Waals surface area contributed by atoms with Crippen molar-refractivity contribution in [2.24, 2.45) is 0 Å². The molecule has 160 valence electrons. The lowest BCUT2D eigenvalue weighted by Crippen LogP contribution is -2.30. The molecule has 4 aromatic rings. The van der Waals surface area contributed by atoms with Gasteiger partial charge in [0, 0.05) is 41.8 Å². The summed E-state index contributed by atoms with van der Waals surface area (Å²) >= 11 is 0. The molecule has 7 nitrogen and oxygen atoms in total. The molecule has 32 heavy (non-hydrogen) atoms. The number of nitrogens with one attached hydrogen (secondary N) is 1. The third-order valence-electron chi connectivity index (χ3n) is 5.39. The molecule has 0 saturated carbocycles. The van der Waals surface area contributed by atoms with E-state index in [1.54, 1.807) is 35.3 Å². The van der Waals surface area contributed by atoms with Crippen molar-refractivity contribution in [1.82, 2.24) is 19.4 Å². The Balaban J connectivity index is 1.56. The van der Waals surface area contributed by atoms with Crippen LogP contribution in [0, 0.1) is 11.3 Å². The Hall–Kier alpha value is -4.18. The zero-order valence-corrected chi connectivity index (χ0v) is 17.8. The summed E-state index contributed by atoms with van der Waals surface area (Å²) in [7, 11) is 0. The largest absolute Gasteiger partial charge is 0.346 e. The van der Waals surface area contributed by atoms with Crippen LogP contribution in [0.3, 0.4) is 0 Å². The first-order valence-corrected chi connectivity index (χ1v) is 10.5. The molecule has 1 amide bonds. The van der Waals surface area contributed by atoms with Gasteiger partial charge in [0.1, 0.15) is 5.82 Å². The van der Waals surface area contributed by atoms with Crippen LogP contribution in [0.1, 0.15) is 24.7 Å². The average molecular weight is 425 g/mol. The van der Waals surface area contributed by atoms with Crippen LogP contribution >= 0.6 is 0 Å². The normalized spacial score (nSPS) is 11.2. The molecule has 7 heteroatoms. The number of carbonyl (C=O) groups is 1. The number of nitrogens with zero attached hydrogens (tertiary/aromatic N) is 4. The summed E-state index contributed by atoms with van der Waals surface area (Å²) < 4.78 is 2.03. The topological polar surface area (TPSA) is 94.8 Å². The van der Waals surface area contributed by atoms with E-state index in [2.05, 4.69) is 16.0 Å². The highest BCUT2D eigenvalue weighted by Crippen LogP contribution is 2.23. The van der Waals surface area contributed by atoms with Crippen molar-refractivity contribution in [1.29, 1.82) is 5.26 Å². The van der Waals surface area contributed by atoms with Gasteiger partial charge in [0.05, 0.1) is 29.9 Å². The van der Waals surface area contributed by atoms with Crippen LogP contribution in [0.5, 0.6) is 0 Å². The first-order valence-electron chi connectivity index (χ1n) is 10.5. The first-order chi connectivity index (χ1) is 15.6. The third kappa shape index (κ3) is 4.30. The number of H-pyrrole nitrogens is 1. The number of rotatable bonds is 7. The molecule has 0 aliphatic rings. The van der Waals surface area contributed by atoms with Crippen molar-refractivity contribution in [3.8, 4) is 6.07 Å². The molecular formula is C25H23N5O2. The van der Waals surface area contributed by atoms with Gasteiger partial charge in [0.2, 0.25) is 5.91 Å². The van der Waals surface area contributed by atoms with E-state index < -0.39 is 0 Å². The molecule has 2 aromatic carbocycles. The van der Waals surface area contributed by atoms with E-state index in [4.69, 9.17) is 5.26 Å². The number of likely N-dealkylation sites (N-methyl/N-ethyl adjacent to an activating group) is 1. The molecule has 0 saturated heterocycles. The molecule has 0 atom stereocenters. The Kier molecular flexibility index (Phi) is 6.13. The van der Waals surface area contributed by atoms with E-state index in [1.807, 2.05) is 48.0 Å². The van der Waals surface area contributed by atoms with Crippen LogP contribution < -0.4 is 5.56 Å². The zero-order chi connectivity index (χ0) is 22.5. The standard InChI is InChI=1S/C25H23N5O2/c1-2-29(17-23-27-21-10-5-3-9-20(21)25(32)28-23)24(31)13-12-18-16-30(15-7-14-26)22-11-6-4-8-19(18)22/h3-6,8-13,16H,2,7,15,17H2,1H3,(H,27,28,32)/b13-12-. The van der Waals surface area contributed by atoms with Crippen molar-refractivity contribution in [2.45, 2.75) is 26.4 Å². The second kappa shape index (κ2) is 9.31. The highest BCUT2D eigenvalue weighted by molar-refractivity contribution is 5.96. The summed E-state index contributed by atoms with van der Waals surface area (Å²) in [4.78, 5) is 34.1. The van der Waals surface area contributed by atoms with Gasteiger partial charge in [-0.2, -0.15) is 5.26 Å². The minimum absolute atomic E-state index is 0.169. The minimum atomic E-state index is -0.213. The molecule has 0 radical (unpaired) electrons. The Labute approximate surface area is 185 Å². The van der Waals surface area contributed by atoms with E-state index in [0.717, 1.165) is 16.5 Å². The number of benzene rings is 2. The number of nitriles is 1. The van der Waals surface area contributed by atoms with Crippen LogP contribution in [0.2, 0.25) is 0 Å². The number of aromatic amines is 1. The fourth-order valence-corrected chi connectivity index (χ4v) is 3.77. The van der Waals surface area contributed by atoms with Gasteiger partial charge in [-0.1, -0.05) is 30.3 Å². The van der Waals surface area contributed by atoms with Crippen molar-refractivity contribution >= 4 is 33.8 Å². The monoisotopic (exact) mass is 425 g/mol. The predicted molar refractivity (Wildman–Crippen MR) is 125 cm³/mol. The second-order valence-electron chi connectivity index (χ2n) is 7.42. The van der Waals surface area contributed by atoms with Crippen LogP contribution in [0.25, 0.3) is 27.9 Å². The lowest BCUT2D eigenvalue weighted by molar-refractivity contribution is -0.126. The van der Waals surface area contributed by atoms with Crippen LogP contribution in [-0.4, -0.2) is 31.9 Å². The van der Waals surface area contributed by atoms with Crippen LogP contribution in [0.15, 0.2) is 65.6 Å². The number of aromatic nitrogens is 3. The number of carbonyl (C=O) groups excluding carboxylic acids is 1. The van der Waals surface area contributed by atoms with Gasteiger partial charge in [-0.3, -0.25) is 9.59 Å². The van der Waals surface area contributed by atoms with Gasteiger partial charge in [-0.15, -0.1) is 0 Å². The second-order valence-corrected chi connectivity index (χ2v) is 7.42. The van der Waals surface area contributed by atoms with E-state index in [1.165, 1.54) is 0 Å². The molecule has 2 heterocycles. The Morgan fingerprint density at radius 1 is 1.19 bits per heavy atom. The molecule has 4 rings (SSSR count). The Bertz CT molecular complexity index is 1410. The highest BCUT2D eigenvalue weighted by Gasteiger charge is 2.13. The zero-order valence-electron chi connectivity index (χ0n) is 17.8. The lowest BCUT2D eigenvalue weighted by Gasteiger charge is -2.18. The average Bonchev–Trinajstić information content (AvgIpc) is 3.17. The van der Waals surface area contributed by atoms with Crippen molar-refractivity contribution in [3.05, 3.63) is 82.5 Å². The van der Waals surface area contributed by atoms with Gasteiger partial charge in [0.25, 0.3) is 5.56 Å². The van der Waals surface area contributed by atoms with Gasteiger partial charge < -0.3 is 14.5 Å². The van der Waals surface area contributed by atoms with Crippen LogP contribution in [-0.2, 0) is 17.9 Å². The quantitative estimate of drug-likeness (QED) is 0.455. The lowest BCUT2D eigenvalue weighted by atomic mass is 10.1. The number of aryl methyl sites for hydroxylation is 1. The number of hydrogen-bond donors (Lipinski definition) is 1. The van der Waals surface area contributed by atoms with Crippen molar-refractivity contribution in [3.63, 3.8) is 0 Å². The summed E-state index contributed by atoms with van der Waals surface area (Å²) in [6.07, 6.45) is 5.72. The molecule has 0 aliphatic carbocycles. The van der Waals surface area contributed by atoms with Gasteiger partial charge in [-0.25, -0.2) is 4.98 Å². The van der Waals surface area contributed by atoms with E-state index in [-0.39, 0.29) is 18.0 Å². The van der Waals surface area contributed by atoms with Crippen LogP contribution in [0.4, 0.5) is 0 Å². The minimum Gasteiger partial charge on any atom is -0.346 e. The SMILES string of the molecule is CCN(Cc1nc2ccccc2c(=O)[nH]1)C(=O)/C=C\c1cn(CCC#N)c2ccccc12. The summed E-state index contributed by atoms with van der Waals surface area (Å²) in [5.74, 6) is 0.280. The molecule has 0 fully saturated rings. The van der Waals surface area contributed by atoms with E-state index in [0.29, 0.717) is 36.2 Å². The fourth-order valence-electron chi connectivity index (χ4n) is 3.77. The highest BCUT2D eigenvalue weighted by atomic mass is 16.2. The third-order valence-corrected chi connectivity index (χ3v) is 5.39. The summed E-state index contributed by atoms with van der Waals surface area (Å²) in [6, 6.07) is 17.2. The molecule has 2 aromatic heterocycles. The molecule has 0 unspecified atom stereocenters. The van der Waals surface area contributed by atoms with E-state index in [9.17, 15) is 9.59 Å². The maximum absolute atomic E-state index is 12.9. The summed E-state index contributed by atoms with van der Waals surface area (Å²) in [6.45, 7) is 3.17. The number of para-hydroxylation sites is 2. The smallest absolute Gasteiger partial charge is 0.258 e. The molecule has 1 N–H and O–H groups in total. The predicted octanol–water partition coefficient (Wildman–Crippen LogP) is 3.85. The Morgan fingerprint density at radius 3 is 2.72 bits per heavy atom. The summed E-state index contributed by atoms with van der Waals surface area (Å²) in [5, 5.41) is 10.5. The van der Waals surface area contributed by atoms with Gasteiger partial charge in [0.15, 0.2) is 0 Å². The summed E-state index contributed by atoms with van der Waals surface area (Å²) in [5.41, 5.74) is 2.34. The van der Waals surface area contributed by atoms with Crippen molar-refractivity contribution < 1.29 is 4.79 Å². The molecular weight excluding hydrogens is 402 g/mol. The van der Waals surface area contributed by atoms with Gasteiger partial charge in [-0.05, 0) is 31.2 Å². The molecule has 0 aliphatic heterocycles. The molecule has 0 bridgehead atoms. The first kappa shape index (κ1) is 21.1. The van der Waals surface area contributed by atoms with E-state index >= 15 is 0 Å². The molecule has 0 spiro atoms. The maximum atomic E-state index is 12.9. The maximum Gasteiger partial charge on any atom is 0.258 e. The number of fused-ring (bicyclic) bond motifs is 2. The van der Waals surface area contributed by atoms with Crippen molar-refractivity contribution in [2.75, 3.05) is 6.54 Å². The number of hydrogen-bond acceptors (Lipinski definition) is 4. The Morgan fingerprint density at radius 2 is 1.94 bits per heavy atom. The fraction of sp³-hybridized carbons (Fsp3) is 0.200.